The van der Waals surface area contributed by atoms with Gasteiger partial charge in [-0.1, -0.05) is 11.6 Å². The van der Waals surface area contributed by atoms with Crippen LogP contribution in [0.15, 0.2) is 30.5 Å². The van der Waals surface area contributed by atoms with Crippen molar-refractivity contribution in [3.05, 3.63) is 46.7 Å². The fourth-order valence-electron chi connectivity index (χ4n) is 1.87. The van der Waals surface area contributed by atoms with Gasteiger partial charge >= 0.3 is 0 Å². The van der Waals surface area contributed by atoms with Gasteiger partial charge in [0.05, 0.1) is 11.8 Å². The normalized spacial score (nSPS) is 12.7. The molecule has 1 atom stereocenters. The molecule has 1 aromatic carbocycles. The molecule has 0 aliphatic heterocycles. The smallest absolute Gasteiger partial charge is 0.132 e. The van der Waals surface area contributed by atoms with Gasteiger partial charge < -0.3 is 9.84 Å². The molecule has 0 spiro atoms. The van der Waals surface area contributed by atoms with Gasteiger partial charge in [-0.2, -0.15) is 5.10 Å². The quantitative estimate of drug-likeness (QED) is 0.913. The number of halogens is 1. The van der Waals surface area contributed by atoms with Crippen LogP contribution in [0.3, 0.4) is 0 Å². The Bertz CT molecular complexity index is 579. The molecule has 108 valence electrons. The van der Waals surface area contributed by atoms with Crippen molar-refractivity contribution >= 4 is 11.6 Å². The molecule has 0 bridgehead atoms. The summed E-state index contributed by atoms with van der Waals surface area (Å²) in [6.45, 7) is 6.19. The molecule has 2 rings (SSSR count). The zero-order valence-corrected chi connectivity index (χ0v) is 12.6. The summed E-state index contributed by atoms with van der Waals surface area (Å²) in [7, 11) is 0. The van der Waals surface area contributed by atoms with Crippen LogP contribution in [0.4, 0.5) is 0 Å². The third-order valence-electron chi connectivity index (χ3n) is 2.99. The fraction of sp³-hybridized carbons (Fsp3) is 0.400. The fourth-order valence-corrected chi connectivity index (χ4v) is 2.05. The van der Waals surface area contributed by atoms with Crippen molar-refractivity contribution in [2.24, 2.45) is 0 Å². The topological polar surface area (TPSA) is 47.3 Å². The minimum absolute atomic E-state index is 0.326. The minimum atomic E-state index is -0.628. The average Bonchev–Trinajstić information content (AvgIpc) is 2.86. The van der Waals surface area contributed by atoms with Crippen molar-refractivity contribution in [2.75, 3.05) is 0 Å². The Kier molecular flexibility index (Phi) is 4.68. The van der Waals surface area contributed by atoms with Gasteiger partial charge in [0, 0.05) is 22.8 Å². The van der Waals surface area contributed by atoms with E-state index in [0.29, 0.717) is 29.0 Å². The molecule has 5 heteroatoms. The molecule has 1 aromatic heterocycles. The molecule has 0 aliphatic rings. The molecule has 2 aromatic rings. The Labute approximate surface area is 123 Å². The van der Waals surface area contributed by atoms with E-state index >= 15 is 0 Å². The number of rotatable bonds is 5. The lowest BCUT2D eigenvalue weighted by Crippen LogP contribution is -2.04. The van der Waals surface area contributed by atoms with E-state index in [1.165, 1.54) is 0 Å². The van der Waals surface area contributed by atoms with Crippen LogP contribution in [-0.2, 0) is 6.61 Å². The molecule has 1 heterocycles. The number of hydrogen-bond acceptors (Lipinski definition) is 3. The van der Waals surface area contributed by atoms with Gasteiger partial charge in [-0.05, 0) is 45.0 Å². The van der Waals surface area contributed by atoms with E-state index in [1.807, 2.05) is 16.9 Å². The highest BCUT2D eigenvalue weighted by atomic mass is 35.5. The summed E-state index contributed by atoms with van der Waals surface area (Å²) in [5, 5.41) is 14.7. The summed E-state index contributed by atoms with van der Waals surface area (Å²) in [6, 6.07) is 7.48. The van der Waals surface area contributed by atoms with Gasteiger partial charge in [-0.3, -0.25) is 4.68 Å². The van der Waals surface area contributed by atoms with Crippen LogP contribution in [0.2, 0.25) is 5.02 Å². The first-order valence-corrected chi connectivity index (χ1v) is 6.99. The molecule has 0 saturated carbocycles. The Balaban J connectivity index is 2.10. The lowest BCUT2D eigenvalue weighted by Gasteiger charge is -2.13. The van der Waals surface area contributed by atoms with Gasteiger partial charge in [-0.25, -0.2) is 0 Å². The molecular formula is C15H19ClN2O2. The predicted octanol–water partition coefficient (Wildman–Crippen LogP) is 3.75. The first kappa shape index (κ1) is 14.9. The summed E-state index contributed by atoms with van der Waals surface area (Å²) in [5.74, 6) is 0.628. The second-order valence-electron chi connectivity index (χ2n) is 5.03. The molecule has 20 heavy (non-hydrogen) atoms. The Morgan fingerprint density at radius 3 is 2.65 bits per heavy atom. The molecular weight excluding hydrogens is 276 g/mol. The van der Waals surface area contributed by atoms with Crippen LogP contribution in [0.25, 0.3) is 0 Å². The Hall–Kier alpha value is -1.52. The summed E-state index contributed by atoms with van der Waals surface area (Å²) in [6.07, 6.45) is 1.30. The highest BCUT2D eigenvalue weighted by molar-refractivity contribution is 6.30. The maximum absolute atomic E-state index is 9.74. The third-order valence-corrected chi connectivity index (χ3v) is 3.23. The first-order chi connectivity index (χ1) is 9.47. The Morgan fingerprint density at radius 1 is 1.30 bits per heavy atom. The van der Waals surface area contributed by atoms with Crippen LogP contribution in [0.5, 0.6) is 5.75 Å². The molecule has 0 amide bonds. The standard InChI is InChI=1S/C15H19ClN2O2/c1-10(2)18-7-6-13(17-18)9-20-15-5-4-12(16)8-14(15)11(3)19/h4-8,10-11,19H,9H2,1-3H3/t11-/m0/s1. The zero-order valence-electron chi connectivity index (χ0n) is 11.9. The summed E-state index contributed by atoms with van der Waals surface area (Å²) in [4.78, 5) is 0. The largest absolute Gasteiger partial charge is 0.487 e. The monoisotopic (exact) mass is 294 g/mol. The molecule has 0 fully saturated rings. The van der Waals surface area contributed by atoms with Crippen LogP contribution in [0, 0.1) is 0 Å². The average molecular weight is 295 g/mol. The number of aliphatic hydroxyl groups is 1. The number of aromatic nitrogens is 2. The van der Waals surface area contributed by atoms with E-state index in [2.05, 4.69) is 18.9 Å². The number of benzene rings is 1. The summed E-state index contributed by atoms with van der Waals surface area (Å²) < 4.78 is 7.62. The maximum atomic E-state index is 9.74. The van der Waals surface area contributed by atoms with Crippen LogP contribution in [-0.4, -0.2) is 14.9 Å². The second-order valence-corrected chi connectivity index (χ2v) is 5.46. The Morgan fingerprint density at radius 2 is 2.05 bits per heavy atom. The summed E-state index contributed by atoms with van der Waals surface area (Å²) in [5.41, 5.74) is 1.53. The molecule has 0 aliphatic carbocycles. The van der Waals surface area contributed by atoms with Crippen molar-refractivity contribution < 1.29 is 9.84 Å². The van der Waals surface area contributed by atoms with Crippen LogP contribution < -0.4 is 4.74 Å². The number of ether oxygens (including phenoxy) is 1. The lowest BCUT2D eigenvalue weighted by atomic mass is 10.1. The van der Waals surface area contributed by atoms with Crippen molar-refractivity contribution in [1.29, 1.82) is 0 Å². The highest BCUT2D eigenvalue weighted by Gasteiger charge is 2.11. The van der Waals surface area contributed by atoms with Crippen LogP contribution in [0.1, 0.15) is 44.2 Å². The van der Waals surface area contributed by atoms with Crippen molar-refractivity contribution in [1.82, 2.24) is 9.78 Å². The first-order valence-electron chi connectivity index (χ1n) is 6.61. The van der Waals surface area contributed by atoms with E-state index in [4.69, 9.17) is 16.3 Å². The summed E-state index contributed by atoms with van der Waals surface area (Å²) >= 11 is 5.93. The van der Waals surface area contributed by atoms with E-state index in [9.17, 15) is 5.11 Å². The number of nitrogens with zero attached hydrogens (tertiary/aromatic N) is 2. The third kappa shape index (κ3) is 3.52. The molecule has 0 radical (unpaired) electrons. The lowest BCUT2D eigenvalue weighted by molar-refractivity contribution is 0.189. The predicted molar refractivity (Wildman–Crippen MR) is 79.0 cm³/mol. The molecule has 0 saturated heterocycles. The van der Waals surface area contributed by atoms with Gasteiger partial charge in [0.1, 0.15) is 12.4 Å². The van der Waals surface area contributed by atoms with E-state index < -0.39 is 6.10 Å². The maximum Gasteiger partial charge on any atom is 0.132 e. The van der Waals surface area contributed by atoms with Crippen molar-refractivity contribution in [3.8, 4) is 5.75 Å². The number of aliphatic hydroxyl groups excluding tert-OH is 1. The zero-order chi connectivity index (χ0) is 14.7. The molecule has 0 unspecified atom stereocenters. The number of hydrogen-bond donors (Lipinski definition) is 1. The van der Waals surface area contributed by atoms with E-state index in [0.717, 1.165) is 5.69 Å². The molecule has 4 nitrogen and oxygen atoms in total. The minimum Gasteiger partial charge on any atom is -0.487 e. The van der Waals surface area contributed by atoms with Gasteiger partial charge in [0.15, 0.2) is 0 Å². The van der Waals surface area contributed by atoms with E-state index in [1.54, 1.807) is 25.1 Å². The van der Waals surface area contributed by atoms with Gasteiger partial charge in [-0.15, -0.1) is 0 Å². The SMILES string of the molecule is CC(C)n1ccc(COc2ccc(Cl)cc2[C@H](C)O)n1. The molecule has 1 N–H and O–H groups in total. The van der Waals surface area contributed by atoms with Crippen molar-refractivity contribution in [3.63, 3.8) is 0 Å². The van der Waals surface area contributed by atoms with Gasteiger partial charge in [0.2, 0.25) is 0 Å². The van der Waals surface area contributed by atoms with Crippen molar-refractivity contribution in [2.45, 2.75) is 39.5 Å². The van der Waals surface area contributed by atoms with Crippen LogP contribution >= 0.6 is 11.6 Å². The van der Waals surface area contributed by atoms with Gasteiger partial charge in [0.25, 0.3) is 0 Å². The van der Waals surface area contributed by atoms with E-state index in [-0.39, 0.29) is 0 Å². The second kappa shape index (κ2) is 6.29. The highest BCUT2D eigenvalue weighted by Crippen LogP contribution is 2.28.